The molecule has 16 heavy (non-hydrogen) atoms. The van der Waals surface area contributed by atoms with E-state index in [9.17, 15) is 8.78 Å². The van der Waals surface area contributed by atoms with Crippen molar-refractivity contribution < 1.29 is 13.9 Å². The van der Waals surface area contributed by atoms with Crippen LogP contribution in [0.2, 0.25) is 0 Å². The lowest BCUT2D eigenvalue weighted by Gasteiger charge is -2.17. The number of hydrogen-bond acceptors (Lipinski definition) is 2. The summed E-state index contributed by atoms with van der Waals surface area (Å²) in [6.45, 7) is 2.99. The molecule has 90 valence electrons. The zero-order chi connectivity index (χ0) is 12.1. The fraction of sp³-hybridized carbons (Fsp3) is 0.500. The summed E-state index contributed by atoms with van der Waals surface area (Å²) in [5, 5.41) is 9.11. The molecule has 0 fully saturated rings. The van der Waals surface area contributed by atoms with Gasteiger partial charge in [-0.2, -0.15) is 0 Å². The van der Waals surface area contributed by atoms with Gasteiger partial charge in [0.25, 0.3) is 0 Å². The molecular weight excluding hydrogens is 212 g/mol. The van der Waals surface area contributed by atoms with Crippen LogP contribution in [-0.4, -0.2) is 29.7 Å². The molecule has 0 bridgehead atoms. The molecule has 0 aromatic heterocycles. The van der Waals surface area contributed by atoms with Crippen LogP contribution in [0.25, 0.3) is 0 Å². The number of hydrogen-bond donors (Lipinski definition) is 1. The minimum atomic E-state index is -0.824. The van der Waals surface area contributed by atoms with Crippen LogP contribution in [0.3, 0.4) is 0 Å². The Labute approximate surface area is 94.5 Å². The van der Waals surface area contributed by atoms with Crippen molar-refractivity contribution in [1.82, 2.24) is 4.90 Å². The summed E-state index contributed by atoms with van der Waals surface area (Å²) in [4.78, 5) is 1.96. The first-order chi connectivity index (χ1) is 7.49. The van der Waals surface area contributed by atoms with E-state index >= 15 is 0 Å². The molecule has 0 spiro atoms. The second-order valence-electron chi connectivity index (χ2n) is 4.12. The van der Waals surface area contributed by atoms with Crippen LogP contribution in [0, 0.1) is 11.6 Å². The molecule has 0 aliphatic heterocycles. The molecule has 0 saturated carbocycles. The van der Waals surface area contributed by atoms with Crippen LogP contribution in [0.5, 0.6) is 0 Å². The Morgan fingerprint density at radius 2 is 2.00 bits per heavy atom. The summed E-state index contributed by atoms with van der Waals surface area (Å²) >= 11 is 0. The van der Waals surface area contributed by atoms with Gasteiger partial charge in [0.05, 0.1) is 6.10 Å². The smallest absolute Gasteiger partial charge is 0.159 e. The van der Waals surface area contributed by atoms with Gasteiger partial charge in [-0.3, -0.25) is 0 Å². The van der Waals surface area contributed by atoms with Crippen LogP contribution in [0.1, 0.15) is 18.9 Å². The molecule has 1 N–H and O–H groups in total. The van der Waals surface area contributed by atoms with Crippen LogP contribution in [0.15, 0.2) is 18.2 Å². The molecule has 0 aliphatic rings. The molecule has 0 heterocycles. The Morgan fingerprint density at radius 1 is 1.31 bits per heavy atom. The van der Waals surface area contributed by atoms with Gasteiger partial charge in [0, 0.05) is 13.1 Å². The summed E-state index contributed by atoms with van der Waals surface area (Å²) in [5.74, 6) is -1.64. The number of rotatable bonds is 5. The summed E-state index contributed by atoms with van der Waals surface area (Å²) in [5.41, 5.74) is 0.729. The predicted octanol–water partition coefficient (Wildman–Crippen LogP) is 2.17. The average Bonchev–Trinajstić information content (AvgIpc) is 2.21. The van der Waals surface area contributed by atoms with Gasteiger partial charge in [-0.05, 0) is 38.1 Å². The Bertz CT molecular complexity index is 342. The van der Waals surface area contributed by atoms with Gasteiger partial charge in [0.2, 0.25) is 0 Å². The first-order valence-corrected chi connectivity index (χ1v) is 5.29. The highest BCUT2D eigenvalue weighted by Crippen LogP contribution is 2.10. The lowest BCUT2D eigenvalue weighted by Crippen LogP contribution is -2.22. The van der Waals surface area contributed by atoms with Crippen LogP contribution in [-0.2, 0) is 6.54 Å². The zero-order valence-electron chi connectivity index (χ0n) is 9.58. The quantitative estimate of drug-likeness (QED) is 0.836. The third-order valence-electron chi connectivity index (χ3n) is 2.37. The first-order valence-electron chi connectivity index (χ1n) is 5.29. The van der Waals surface area contributed by atoms with Gasteiger partial charge in [-0.15, -0.1) is 0 Å². The Balaban J connectivity index is 2.49. The van der Waals surface area contributed by atoms with Crippen molar-refractivity contribution in [3.8, 4) is 0 Å². The maximum atomic E-state index is 12.9. The number of aliphatic hydroxyl groups is 1. The van der Waals surface area contributed by atoms with Crippen molar-refractivity contribution >= 4 is 0 Å². The van der Waals surface area contributed by atoms with Gasteiger partial charge in [0.1, 0.15) is 0 Å². The first kappa shape index (κ1) is 13.1. The second-order valence-corrected chi connectivity index (χ2v) is 4.12. The van der Waals surface area contributed by atoms with Crippen LogP contribution < -0.4 is 0 Å². The van der Waals surface area contributed by atoms with E-state index < -0.39 is 11.6 Å². The van der Waals surface area contributed by atoms with Gasteiger partial charge < -0.3 is 10.0 Å². The van der Waals surface area contributed by atoms with E-state index in [1.165, 1.54) is 6.07 Å². The topological polar surface area (TPSA) is 23.5 Å². The lowest BCUT2D eigenvalue weighted by molar-refractivity contribution is 0.163. The van der Waals surface area contributed by atoms with Crippen molar-refractivity contribution in [3.63, 3.8) is 0 Å². The van der Waals surface area contributed by atoms with Crippen molar-refractivity contribution in [3.05, 3.63) is 35.4 Å². The summed E-state index contributed by atoms with van der Waals surface area (Å²) in [6.07, 6.45) is 0.326. The monoisotopic (exact) mass is 229 g/mol. The van der Waals surface area contributed by atoms with Gasteiger partial charge in [-0.25, -0.2) is 8.78 Å². The molecular formula is C12H17F2NO. The minimum absolute atomic E-state index is 0.340. The highest BCUT2D eigenvalue weighted by atomic mass is 19.2. The molecule has 1 aromatic carbocycles. The maximum absolute atomic E-state index is 12.9. The molecule has 1 atom stereocenters. The molecule has 0 amide bonds. The largest absolute Gasteiger partial charge is 0.393 e. The van der Waals surface area contributed by atoms with E-state index in [2.05, 4.69) is 0 Å². The highest BCUT2D eigenvalue weighted by molar-refractivity contribution is 5.17. The van der Waals surface area contributed by atoms with E-state index in [0.717, 1.165) is 18.2 Å². The standard InChI is InChI=1S/C12H17F2NO/c1-9(16)5-6-15(2)8-10-3-4-11(13)12(14)7-10/h3-4,7,9,16H,5-6,8H2,1-2H3. The third-order valence-corrected chi connectivity index (χ3v) is 2.37. The number of halogens is 2. The number of benzene rings is 1. The van der Waals surface area contributed by atoms with E-state index in [0.29, 0.717) is 13.0 Å². The second kappa shape index (κ2) is 5.92. The van der Waals surface area contributed by atoms with E-state index in [4.69, 9.17) is 5.11 Å². The van der Waals surface area contributed by atoms with E-state index in [1.807, 2.05) is 11.9 Å². The fourth-order valence-corrected chi connectivity index (χ4v) is 1.44. The molecule has 2 nitrogen and oxygen atoms in total. The molecule has 1 unspecified atom stereocenters. The molecule has 0 saturated heterocycles. The summed E-state index contributed by atoms with van der Waals surface area (Å²) in [6, 6.07) is 3.90. The third kappa shape index (κ3) is 4.24. The maximum Gasteiger partial charge on any atom is 0.159 e. The van der Waals surface area contributed by atoms with Crippen LogP contribution in [0.4, 0.5) is 8.78 Å². The Morgan fingerprint density at radius 3 is 2.56 bits per heavy atom. The van der Waals surface area contributed by atoms with Crippen molar-refractivity contribution in [2.45, 2.75) is 26.0 Å². The molecule has 0 radical (unpaired) electrons. The Hall–Kier alpha value is -1.00. The molecule has 0 aliphatic carbocycles. The lowest BCUT2D eigenvalue weighted by atomic mass is 10.2. The average molecular weight is 229 g/mol. The van der Waals surface area contributed by atoms with Crippen molar-refractivity contribution in [2.75, 3.05) is 13.6 Å². The van der Waals surface area contributed by atoms with Crippen molar-refractivity contribution in [2.24, 2.45) is 0 Å². The van der Waals surface area contributed by atoms with Crippen molar-refractivity contribution in [1.29, 1.82) is 0 Å². The summed E-state index contributed by atoms with van der Waals surface area (Å²) < 4.78 is 25.6. The summed E-state index contributed by atoms with van der Waals surface area (Å²) in [7, 11) is 1.88. The zero-order valence-corrected chi connectivity index (χ0v) is 9.58. The van der Waals surface area contributed by atoms with Gasteiger partial charge >= 0.3 is 0 Å². The highest BCUT2D eigenvalue weighted by Gasteiger charge is 2.06. The van der Waals surface area contributed by atoms with Gasteiger partial charge in [-0.1, -0.05) is 6.07 Å². The fourth-order valence-electron chi connectivity index (χ4n) is 1.44. The van der Waals surface area contributed by atoms with Crippen LogP contribution >= 0.6 is 0 Å². The van der Waals surface area contributed by atoms with E-state index in [1.54, 1.807) is 13.0 Å². The SMILES string of the molecule is CC(O)CCN(C)Cc1ccc(F)c(F)c1. The predicted molar refractivity (Wildman–Crippen MR) is 59.0 cm³/mol. The number of aliphatic hydroxyl groups excluding tert-OH is 1. The number of nitrogens with zero attached hydrogens (tertiary/aromatic N) is 1. The molecule has 1 rings (SSSR count). The van der Waals surface area contributed by atoms with E-state index in [-0.39, 0.29) is 6.10 Å². The molecule has 4 heteroatoms. The van der Waals surface area contributed by atoms with Gasteiger partial charge in [0.15, 0.2) is 11.6 Å². The normalized spacial score (nSPS) is 13.1. The molecule has 1 aromatic rings. The Kier molecular flexibility index (Phi) is 4.83. The minimum Gasteiger partial charge on any atom is -0.393 e.